The van der Waals surface area contributed by atoms with Crippen molar-refractivity contribution >= 4 is 10.4 Å². The predicted molar refractivity (Wildman–Crippen MR) is 40.5 cm³/mol. The molecule has 0 saturated carbocycles. The van der Waals surface area contributed by atoms with Gasteiger partial charge in [0.05, 0.1) is 6.54 Å². The molecule has 0 aliphatic carbocycles. The summed E-state index contributed by atoms with van der Waals surface area (Å²) < 4.78 is 38.2. The SMILES string of the molecule is Cc1nnc(CN(C)S(=O)(=O)F)o1. The molecule has 0 spiro atoms. The second-order valence-electron chi connectivity index (χ2n) is 2.41. The Morgan fingerprint density at radius 1 is 1.54 bits per heavy atom. The van der Waals surface area contributed by atoms with Crippen LogP contribution in [0.3, 0.4) is 0 Å². The summed E-state index contributed by atoms with van der Waals surface area (Å²) in [5, 5.41) is 6.97. The van der Waals surface area contributed by atoms with Gasteiger partial charge in [0.2, 0.25) is 11.8 Å². The van der Waals surface area contributed by atoms with Crippen LogP contribution in [0.4, 0.5) is 3.89 Å². The molecule has 0 amide bonds. The molecule has 1 heterocycles. The maximum absolute atomic E-state index is 12.3. The molecule has 8 heteroatoms. The van der Waals surface area contributed by atoms with E-state index in [9.17, 15) is 12.3 Å². The minimum atomic E-state index is -4.69. The van der Waals surface area contributed by atoms with Gasteiger partial charge in [0.1, 0.15) is 0 Å². The molecule has 0 aliphatic rings. The van der Waals surface area contributed by atoms with E-state index in [1.807, 2.05) is 0 Å². The van der Waals surface area contributed by atoms with Crippen LogP contribution in [-0.2, 0) is 17.0 Å². The fraction of sp³-hybridized carbons (Fsp3) is 0.600. The van der Waals surface area contributed by atoms with Crippen molar-refractivity contribution in [1.29, 1.82) is 0 Å². The molecular weight excluding hydrogens is 201 g/mol. The second kappa shape index (κ2) is 3.38. The Morgan fingerprint density at radius 2 is 2.15 bits per heavy atom. The van der Waals surface area contributed by atoms with Crippen molar-refractivity contribution < 1.29 is 16.7 Å². The van der Waals surface area contributed by atoms with Crippen LogP contribution in [0.1, 0.15) is 11.8 Å². The Bertz CT molecular complexity index is 387. The van der Waals surface area contributed by atoms with E-state index in [1.54, 1.807) is 6.92 Å². The molecule has 0 fully saturated rings. The lowest BCUT2D eigenvalue weighted by Crippen LogP contribution is -2.22. The zero-order valence-electron chi connectivity index (χ0n) is 7.06. The van der Waals surface area contributed by atoms with Crippen LogP contribution in [0.2, 0.25) is 0 Å². The van der Waals surface area contributed by atoms with Gasteiger partial charge in [-0.15, -0.1) is 10.2 Å². The van der Waals surface area contributed by atoms with Gasteiger partial charge in [-0.25, -0.2) is 0 Å². The standard InChI is InChI=1S/C5H8FN3O3S/c1-4-7-8-5(12-4)3-9(2)13(6,10)11/h3H2,1-2H3. The van der Waals surface area contributed by atoms with Gasteiger partial charge in [-0.3, -0.25) is 0 Å². The van der Waals surface area contributed by atoms with Crippen LogP contribution < -0.4 is 0 Å². The summed E-state index contributed by atoms with van der Waals surface area (Å²) in [4.78, 5) is 0. The van der Waals surface area contributed by atoms with Gasteiger partial charge in [-0.05, 0) is 0 Å². The zero-order valence-corrected chi connectivity index (χ0v) is 7.88. The van der Waals surface area contributed by atoms with Gasteiger partial charge in [-0.2, -0.15) is 12.7 Å². The first kappa shape index (κ1) is 10.1. The normalized spacial score (nSPS) is 12.3. The topological polar surface area (TPSA) is 76.3 Å². The second-order valence-corrected chi connectivity index (χ2v) is 3.86. The van der Waals surface area contributed by atoms with Gasteiger partial charge in [0.15, 0.2) is 0 Å². The monoisotopic (exact) mass is 209 g/mol. The zero-order chi connectivity index (χ0) is 10.1. The van der Waals surface area contributed by atoms with Crippen LogP contribution in [-0.4, -0.2) is 30.0 Å². The van der Waals surface area contributed by atoms with E-state index in [0.29, 0.717) is 10.2 Å². The van der Waals surface area contributed by atoms with Crippen molar-refractivity contribution in [1.82, 2.24) is 14.5 Å². The molecule has 0 bridgehead atoms. The summed E-state index contributed by atoms with van der Waals surface area (Å²) in [6.45, 7) is 1.29. The molecule has 0 saturated heterocycles. The first-order chi connectivity index (χ1) is 5.89. The lowest BCUT2D eigenvalue weighted by atomic mass is 10.6. The van der Waals surface area contributed by atoms with E-state index < -0.39 is 10.4 Å². The third kappa shape index (κ3) is 2.74. The fourth-order valence-electron chi connectivity index (χ4n) is 0.669. The molecule has 1 rings (SSSR count). The van der Waals surface area contributed by atoms with E-state index in [2.05, 4.69) is 10.2 Å². The Morgan fingerprint density at radius 3 is 2.54 bits per heavy atom. The lowest BCUT2D eigenvalue weighted by Gasteiger charge is -2.06. The first-order valence-electron chi connectivity index (χ1n) is 3.34. The molecule has 0 aromatic carbocycles. The van der Waals surface area contributed by atoms with E-state index in [0.717, 1.165) is 7.05 Å². The van der Waals surface area contributed by atoms with Crippen molar-refractivity contribution in [3.05, 3.63) is 11.8 Å². The van der Waals surface area contributed by atoms with Crippen LogP contribution in [0.5, 0.6) is 0 Å². The average Bonchev–Trinajstić information content (AvgIpc) is 2.33. The van der Waals surface area contributed by atoms with Crippen LogP contribution >= 0.6 is 0 Å². The van der Waals surface area contributed by atoms with E-state index in [1.165, 1.54) is 0 Å². The smallest absolute Gasteiger partial charge is 0.374 e. The van der Waals surface area contributed by atoms with Gasteiger partial charge in [0.25, 0.3) is 0 Å². The third-order valence-corrected chi connectivity index (χ3v) is 2.17. The molecule has 1 aromatic rings. The molecule has 1 aromatic heterocycles. The van der Waals surface area contributed by atoms with Crippen molar-refractivity contribution in [2.45, 2.75) is 13.5 Å². The van der Waals surface area contributed by atoms with E-state index in [4.69, 9.17) is 4.42 Å². The van der Waals surface area contributed by atoms with Crippen molar-refractivity contribution in [3.8, 4) is 0 Å². The average molecular weight is 209 g/mol. The van der Waals surface area contributed by atoms with Crippen molar-refractivity contribution in [2.24, 2.45) is 0 Å². The summed E-state index contributed by atoms with van der Waals surface area (Å²) >= 11 is 0. The molecule has 74 valence electrons. The molecule has 13 heavy (non-hydrogen) atoms. The predicted octanol–water partition coefficient (Wildman–Crippen LogP) is 0.0241. The number of nitrogens with zero attached hydrogens (tertiary/aromatic N) is 3. The van der Waals surface area contributed by atoms with Crippen molar-refractivity contribution in [2.75, 3.05) is 7.05 Å². The van der Waals surface area contributed by atoms with Gasteiger partial charge in [-0.1, -0.05) is 3.89 Å². The summed E-state index contributed by atoms with van der Waals surface area (Å²) in [6, 6.07) is 0. The minimum absolute atomic E-state index is 0.0567. The highest BCUT2D eigenvalue weighted by Crippen LogP contribution is 2.06. The summed E-state index contributed by atoms with van der Waals surface area (Å²) in [7, 11) is -3.61. The fourth-order valence-corrected chi connectivity index (χ4v) is 0.934. The Labute approximate surface area is 74.7 Å². The Balaban J connectivity index is 2.71. The number of hydrogen-bond acceptors (Lipinski definition) is 5. The number of halogens is 1. The number of aryl methyl sites for hydroxylation is 1. The summed E-state index contributed by atoms with van der Waals surface area (Å²) in [5.41, 5.74) is 0. The van der Waals surface area contributed by atoms with Gasteiger partial charge >= 0.3 is 10.4 Å². The molecule has 6 nitrogen and oxygen atoms in total. The third-order valence-electron chi connectivity index (χ3n) is 1.30. The molecular formula is C5H8FN3O3S. The largest absolute Gasteiger partial charge is 0.424 e. The lowest BCUT2D eigenvalue weighted by molar-refractivity contribution is 0.371. The highest BCUT2D eigenvalue weighted by atomic mass is 32.3. The van der Waals surface area contributed by atoms with Crippen LogP contribution in [0.25, 0.3) is 0 Å². The Kier molecular flexibility index (Phi) is 2.62. The maximum atomic E-state index is 12.3. The highest BCUT2D eigenvalue weighted by molar-refractivity contribution is 7.83. The molecule has 0 unspecified atom stereocenters. The highest BCUT2D eigenvalue weighted by Gasteiger charge is 2.18. The quantitative estimate of drug-likeness (QED) is 0.656. The number of rotatable bonds is 3. The summed E-state index contributed by atoms with van der Waals surface area (Å²) in [5.74, 6) is 0.362. The number of hydrogen-bond donors (Lipinski definition) is 0. The number of aromatic nitrogens is 2. The van der Waals surface area contributed by atoms with Crippen LogP contribution in [0, 0.1) is 6.92 Å². The molecule has 0 atom stereocenters. The van der Waals surface area contributed by atoms with E-state index >= 15 is 0 Å². The summed E-state index contributed by atoms with van der Waals surface area (Å²) in [6.07, 6.45) is 0. The van der Waals surface area contributed by atoms with Crippen LogP contribution in [0.15, 0.2) is 4.42 Å². The van der Waals surface area contributed by atoms with E-state index in [-0.39, 0.29) is 12.4 Å². The Hall–Kier alpha value is -1.02. The minimum Gasteiger partial charge on any atom is -0.424 e. The molecule has 0 aliphatic heterocycles. The van der Waals surface area contributed by atoms with Gasteiger partial charge < -0.3 is 4.42 Å². The van der Waals surface area contributed by atoms with Gasteiger partial charge in [0, 0.05) is 14.0 Å². The maximum Gasteiger partial charge on any atom is 0.374 e. The first-order valence-corrected chi connectivity index (χ1v) is 4.68. The molecule has 0 radical (unpaired) electrons. The molecule has 0 N–H and O–H groups in total. The van der Waals surface area contributed by atoms with Crippen molar-refractivity contribution in [3.63, 3.8) is 0 Å².